The van der Waals surface area contributed by atoms with Gasteiger partial charge >= 0.3 is 0 Å². The lowest BCUT2D eigenvalue weighted by Gasteiger charge is -2.30. The van der Waals surface area contributed by atoms with Gasteiger partial charge in [0.25, 0.3) is 5.91 Å². The van der Waals surface area contributed by atoms with Crippen LogP contribution in [0.4, 0.5) is 4.39 Å². The summed E-state index contributed by atoms with van der Waals surface area (Å²) in [6, 6.07) is 14.0. The molecule has 166 valence electrons. The molecule has 1 aromatic heterocycles. The second kappa shape index (κ2) is 8.68. The summed E-state index contributed by atoms with van der Waals surface area (Å²) < 4.78 is 44.7. The molecule has 0 saturated carbocycles. The summed E-state index contributed by atoms with van der Waals surface area (Å²) in [5.74, 6) is -1.21. The van der Waals surface area contributed by atoms with Gasteiger partial charge in [-0.1, -0.05) is 18.2 Å². The van der Waals surface area contributed by atoms with E-state index in [-0.39, 0.29) is 23.7 Å². The SMILES string of the molecule is CS(=O)(=O)NC(=O)c1ccc(F)cc1-c1ccc2c(c1)OC[C@@H](Cc1ccccn1)C2O. The van der Waals surface area contributed by atoms with E-state index in [1.54, 1.807) is 24.4 Å². The van der Waals surface area contributed by atoms with Gasteiger partial charge in [-0.25, -0.2) is 17.5 Å². The van der Waals surface area contributed by atoms with E-state index >= 15 is 0 Å². The molecule has 2 aromatic carbocycles. The Morgan fingerprint density at radius 1 is 1.22 bits per heavy atom. The van der Waals surface area contributed by atoms with Crippen molar-refractivity contribution in [2.75, 3.05) is 12.9 Å². The molecular formula is C23H21FN2O5S. The minimum atomic E-state index is -3.79. The fourth-order valence-electron chi connectivity index (χ4n) is 3.75. The lowest BCUT2D eigenvalue weighted by molar-refractivity contribution is 0.0503. The van der Waals surface area contributed by atoms with Gasteiger partial charge in [-0.3, -0.25) is 9.78 Å². The maximum atomic E-state index is 14.0. The highest BCUT2D eigenvalue weighted by Gasteiger charge is 2.30. The van der Waals surface area contributed by atoms with Gasteiger partial charge in [0, 0.05) is 28.9 Å². The largest absolute Gasteiger partial charge is 0.493 e. The first-order valence-electron chi connectivity index (χ1n) is 9.88. The Labute approximate surface area is 184 Å². The van der Waals surface area contributed by atoms with Gasteiger partial charge in [-0.15, -0.1) is 0 Å². The highest BCUT2D eigenvalue weighted by Crippen LogP contribution is 2.39. The lowest BCUT2D eigenvalue weighted by atomic mass is 9.88. The van der Waals surface area contributed by atoms with Crippen molar-refractivity contribution >= 4 is 15.9 Å². The minimum Gasteiger partial charge on any atom is -0.493 e. The third kappa shape index (κ3) is 4.79. The van der Waals surface area contributed by atoms with Crippen molar-refractivity contribution in [2.24, 2.45) is 5.92 Å². The smallest absolute Gasteiger partial charge is 0.265 e. The second-order valence-corrected chi connectivity index (χ2v) is 9.44. The van der Waals surface area contributed by atoms with Gasteiger partial charge in [0.05, 0.1) is 19.0 Å². The fraction of sp³-hybridized carbons (Fsp3) is 0.217. The van der Waals surface area contributed by atoms with Gasteiger partial charge in [0.1, 0.15) is 11.6 Å². The molecule has 0 fully saturated rings. The van der Waals surface area contributed by atoms with Gasteiger partial charge in [0.15, 0.2) is 0 Å². The van der Waals surface area contributed by atoms with E-state index in [0.717, 1.165) is 24.1 Å². The molecule has 1 amide bonds. The highest BCUT2D eigenvalue weighted by molar-refractivity contribution is 7.89. The van der Waals surface area contributed by atoms with Crippen molar-refractivity contribution < 1.29 is 27.4 Å². The van der Waals surface area contributed by atoms with Crippen LogP contribution in [0.15, 0.2) is 60.8 Å². The third-order valence-corrected chi connectivity index (χ3v) is 5.80. The van der Waals surface area contributed by atoms with Crippen molar-refractivity contribution in [1.29, 1.82) is 0 Å². The Balaban J connectivity index is 1.65. The number of hydrogen-bond donors (Lipinski definition) is 2. The summed E-state index contributed by atoms with van der Waals surface area (Å²) in [6.07, 6.45) is 2.32. The van der Waals surface area contributed by atoms with Crippen molar-refractivity contribution in [1.82, 2.24) is 9.71 Å². The number of hydrogen-bond acceptors (Lipinski definition) is 6. The normalized spacial score (nSPS) is 17.8. The van der Waals surface area contributed by atoms with Crippen LogP contribution in [0.2, 0.25) is 0 Å². The molecule has 2 atom stereocenters. The van der Waals surface area contributed by atoms with Crippen LogP contribution >= 0.6 is 0 Å². The van der Waals surface area contributed by atoms with Crippen LogP contribution in [0.3, 0.4) is 0 Å². The molecule has 0 spiro atoms. The number of carbonyl (C=O) groups is 1. The van der Waals surface area contributed by atoms with Crippen LogP contribution in [0.5, 0.6) is 5.75 Å². The average Bonchev–Trinajstić information content (AvgIpc) is 2.75. The van der Waals surface area contributed by atoms with Crippen LogP contribution in [-0.4, -0.2) is 37.3 Å². The topological polar surface area (TPSA) is 106 Å². The molecular weight excluding hydrogens is 435 g/mol. The van der Waals surface area contributed by atoms with E-state index in [0.29, 0.717) is 23.3 Å². The van der Waals surface area contributed by atoms with E-state index in [1.807, 2.05) is 22.9 Å². The van der Waals surface area contributed by atoms with E-state index in [9.17, 15) is 22.7 Å². The molecule has 4 rings (SSSR count). The Kier molecular flexibility index (Phi) is 5.94. The fourth-order valence-corrected chi connectivity index (χ4v) is 4.19. The number of aliphatic hydroxyl groups excluding tert-OH is 1. The number of aromatic nitrogens is 1. The molecule has 3 aromatic rings. The summed E-state index contributed by atoms with van der Waals surface area (Å²) in [5.41, 5.74) is 2.10. The second-order valence-electron chi connectivity index (χ2n) is 7.69. The summed E-state index contributed by atoms with van der Waals surface area (Å²) in [7, 11) is -3.79. The molecule has 2 heterocycles. The number of fused-ring (bicyclic) bond motifs is 1. The summed E-state index contributed by atoms with van der Waals surface area (Å²) in [4.78, 5) is 16.7. The molecule has 1 aliphatic heterocycles. The minimum absolute atomic E-state index is 0.00108. The molecule has 0 bridgehead atoms. The quantitative estimate of drug-likeness (QED) is 0.612. The number of carbonyl (C=O) groups excluding carboxylic acids is 1. The number of ether oxygens (including phenoxy) is 1. The van der Waals surface area contributed by atoms with Crippen LogP contribution < -0.4 is 9.46 Å². The summed E-state index contributed by atoms with van der Waals surface area (Å²) >= 11 is 0. The maximum Gasteiger partial charge on any atom is 0.265 e. The average molecular weight is 456 g/mol. The van der Waals surface area contributed by atoms with Gasteiger partial charge in [-0.2, -0.15) is 0 Å². The molecule has 0 radical (unpaired) electrons. The molecule has 1 aliphatic rings. The molecule has 32 heavy (non-hydrogen) atoms. The number of benzene rings is 2. The van der Waals surface area contributed by atoms with Crippen LogP contribution in [0, 0.1) is 11.7 Å². The van der Waals surface area contributed by atoms with E-state index in [4.69, 9.17) is 4.74 Å². The number of halogens is 1. The number of nitrogens with one attached hydrogen (secondary N) is 1. The molecule has 1 unspecified atom stereocenters. The lowest BCUT2D eigenvalue weighted by Crippen LogP contribution is -2.29. The van der Waals surface area contributed by atoms with Crippen molar-refractivity contribution in [2.45, 2.75) is 12.5 Å². The number of rotatable bonds is 5. The van der Waals surface area contributed by atoms with Crippen LogP contribution in [-0.2, 0) is 16.4 Å². The van der Waals surface area contributed by atoms with Gasteiger partial charge in [-0.05, 0) is 53.9 Å². The first-order valence-corrected chi connectivity index (χ1v) is 11.8. The predicted molar refractivity (Wildman–Crippen MR) is 116 cm³/mol. The number of pyridine rings is 1. The van der Waals surface area contributed by atoms with E-state index in [2.05, 4.69) is 4.98 Å². The standard InChI is InChI=1S/C23H21FN2O5S/c1-32(29,30)26-23(28)18-8-6-16(24)12-20(18)14-5-7-19-21(11-14)31-13-15(22(19)27)10-17-4-2-3-9-25-17/h2-9,11-12,15,22,27H,10,13H2,1H3,(H,26,28)/t15-,22?/m1/s1. The predicted octanol–water partition coefficient (Wildman–Crippen LogP) is 2.86. The number of nitrogens with zero attached hydrogens (tertiary/aromatic N) is 1. The Morgan fingerprint density at radius 3 is 2.75 bits per heavy atom. The van der Waals surface area contributed by atoms with Crippen molar-refractivity contribution in [3.63, 3.8) is 0 Å². The Hall–Kier alpha value is -3.30. The number of sulfonamides is 1. The molecule has 0 saturated heterocycles. The monoisotopic (exact) mass is 456 g/mol. The Morgan fingerprint density at radius 2 is 2.03 bits per heavy atom. The molecule has 7 nitrogen and oxygen atoms in total. The summed E-state index contributed by atoms with van der Waals surface area (Å²) in [6.45, 7) is 0.263. The number of amides is 1. The highest BCUT2D eigenvalue weighted by atomic mass is 32.2. The first-order chi connectivity index (χ1) is 15.2. The zero-order valence-electron chi connectivity index (χ0n) is 17.2. The van der Waals surface area contributed by atoms with Gasteiger partial charge < -0.3 is 9.84 Å². The van der Waals surface area contributed by atoms with E-state index in [1.165, 1.54) is 6.07 Å². The van der Waals surface area contributed by atoms with Crippen molar-refractivity contribution in [3.05, 3.63) is 83.4 Å². The summed E-state index contributed by atoms with van der Waals surface area (Å²) in [5, 5.41) is 10.9. The van der Waals surface area contributed by atoms with Crippen molar-refractivity contribution in [3.8, 4) is 16.9 Å². The van der Waals surface area contributed by atoms with Crippen LogP contribution in [0.1, 0.15) is 27.7 Å². The zero-order valence-corrected chi connectivity index (χ0v) is 18.0. The molecule has 9 heteroatoms. The zero-order chi connectivity index (χ0) is 22.9. The van der Waals surface area contributed by atoms with Crippen LogP contribution in [0.25, 0.3) is 11.1 Å². The Bertz CT molecular complexity index is 1260. The molecule has 2 N–H and O–H groups in total. The van der Waals surface area contributed by atoms with E-state index < -0.39 is 27.9 Å². The maximum absolute atomic E-state index is 14.0. The van der Waals surface area contributed by atoms with Gasteiger partial charge in [0.2, 0.25) is 10.0 Å². The first kappa shape index (κ1) is 21.9. The molecule has 0 aliphatic carbocycles. The number of aliphatic hydroxyl groups is 1. The third-order valence-electron chi connectivity index (χ3n) is 5.24.